The van der Waals surface area contributed by atoms with Gasteiger partial charge in [-0.05, 0) is 63.1 Å². The summed E-state index contributed by atoms with van der Waals surface area (Å²) in [5.41, 5.74) is 2.08. The van der Waals surface area contributed by atoms with E-state index >= 15 is 0 Å². The highest BCUT2D eigenvalue weighted by molar-refractivity contribution is 6.11. The van der Waals surface area contributed by atoms with Gasteiger partial charge in [0, 0.05) is 29.8 Å². The lowest BCUT2D eigenvalue weighted by Crippen LogP contribution is -2.51. The predicted octanol–water partition coefficient (Wildman–Crippen LogP) is 3.72. The van der Waals surface area contributed by atoms with Crippen molar-refractivity contribution in [3.05, 3.63) is 53.5 Å². The fourth-order valence-corrected chi connectivity index (χ4v) is 4.71. The average molecular weight is 467 g/mol. The molecule has 1 N–H and O–H groups in total. The molecule has 0 bridgehead atoms. The van der Waals surface area contributed by atoms with Crippen LogP contribution in [0.5, 0.6) is 0 Å². The second kappa shape index (κ2) is 7.68. The number of benzene rings is 1. The number of urea groups is 1. The number of amides is 3. The van der Waals surface area contributed by atoms with Crippen LogP contribution in [0.25, 0.3) is 16.9 Å². The number of halogens is 2. The molecule has 2 aliphatic rings. The molecule has 3 aromatic rings. The summed E-state index contributed by atoms with van der Waals surface area (Å²) in [6.07, 6.45) is -1.23. The zero-order chi connectivity index (χ0) is 24.3. The largest absolute Gasteiger partial charge is 0.325 e. The van der Waals surface area contributed by atoms with Gasteiger partial charge in [-0.3, -0.25) is 19.1 Å². The average Bonchev–Trinajstić information content (AvgIpc) is 3.24. The molecule has 2 aromatic heterocycles. The third kappa shape index (κ3) is 3.63. The van der Waals surface area contributed by atoms with Gasteiger partial charge in [0.25, 0.3) is 5.91 Å². The number of carbonyl (C=O) groups is 3. The highest BCUT2D eigenvalue weighted by Crippen LogP contribution is 2.41. The van der Waals surface area contributed by atoms with Crippen LogP contribution in [0.4, 0.5) is 13.6 Å². The first-order valence-electron chi connectivity index (χ1n) is 11.1. The fraction of sp³-hybridized carbons (Fsp3) is 0.375. The minimum Gasteiger partial charge on any atom is -0.323 e. The molecule has 3 amide bonds. The van der Waals surface area contributed by atoms with Gasteiger partial charge in [0.05, 0.1) is 6.54 Å². The number of nitrogens with zero attached hydrogens (tertiary/aromatic N) is 4. The number of fused-ring (bicyclic) bond motifs is 1. The topological polar surface area (TPSA) is 97.2 Å². The van der Waals surface area contributed by atoms with Crippen LogP contribution in [0.2, 0.25) is 0 Å². The van der Waals surface area contributed by atoms with Crippen LogP contribution in [-0.4, -0.2) is 55.2 Å². The molecule has 0 unspecified atom stereocenters. The first-order valence-corrected chi connectivity index (χ1v) is 11.1. The molecule has 10 heteroatoms. The maximum Gasteiger partial charge on any atom is 0.325 e. The monoisotopic (exact) mass is 467 g/mol. The number of pyridine rings is 1. The van der Waals surface area contributed by atoms with Crippen LogP contribution >= 0.6 is 0 Å². The lowest BCUT2D eigenvalue weighted by Gasteiger charge is -2.34. The van der Waals surface area contributed by atoms with Crippen molar-refractivity contribution in [3.8, 4) is 5.69 Å². The molecule has 1 saturated heterocycles. The van der Waals surface area contributed by atoms with Gasteiger partial charge in [-0.25, -0.2) is 23.5 Å². The molecular formula is C24H23F2N5O3. The summed E-state index contributed by atoms with van der Waals surface area (Å²) in [6, 6.07) is 9.81. The first-order chi connectivity index (χ1) is 16.1. The number of hydrogen-bond acceptors (Lipinski definition) is 5. The van der Waals surface area contributed by atoms with Crippen molar-refractivity contribution in [1.29, 1.82) is 0 Å². The Morgan fingerprint density at radius 3 is 2.35 bits per heavy atom. The highest BCUT2D eigenvalue weighted by atomic mass is 19.3. The lowest BCUT2D eigenvalue weighted by molar-refractivity contribution is -0.135. The van der Waals surface area contributed by atoms with Gasteiger partial charge in [-0.2, -0.15) is 0 Å². The number of ketones is 1. The standard InChI is InChI=1S/C24H23F2N5O3/c1-14-3-8-18-20(27-14)31(15(2)28-18)17-6-4-16(5-7-17)19(32)13-30-21(33)23(29-22(30)34)9-11-24(25,26)12-10-23/h3-8H,9-13H2,1-2H3,(H,29,34). The zero-order valence-electron chi connectivity index (χ0n) is 18.8. The van der Waals surface area contributed by atoms with Gasteiger partial charge in [0.1, 0.15) is 16.9 Å². The molecular weight excluding hydrogens is 444 g/mol. The number of carbonyl (C=O) groups excluding carboxylic acids is 3. The summed E-state index contributed by atoms with van der Waals surface area (Å²) in [7, 11) is 0. The van der Waals surface area contributed by atoms with E-state index in [1.54, 1.807) is 24.3 Å². The van der Waals surface area contributed by atoms with E-state index in [4.69, 9.17) is 0 Å². The summed E-state index contributed by atoms with van der Waals surface area (Å²) >= 11 is 0. The van der Waals surface area contributed by atoms with Gasteiger partial charge in [0.15, 0.2) is 11.4 Å². The number of imide groups is 1. The van der Waals surface area contributed by atoms with Crippen molar-refractivity contribution in [1.82, 2.24) is 24.8 Å². The van der Waals surface area contributed by atoms with Gasteiger partial charge in [-0.15, -0.1) is 0 Å². The summed E-state index contributed by atoms with van der Waals surface area (Å²) in [5, 5.41) is 2.55. The molecule has 5 rings (SSSR count). The van der Waals surface area contributed by atoms with Crippen LogP contribution in [0.3, 0.4) is 0 Å². The van der Waals surface area contributed by atoms with E-state index in [1.165, 1.54) is 0 Å². The Kier molecular flexibility index (Phi) is 5.00. The Bertz CT molecular complexity index is 1320. The summed E-state index contributed by atoms with van der Waals surface area (Å²) in [5.74, 6) is -3.13. The van der Waals surface area contributed by atoms with Crippen molar-refractivity contribution in [2.45, 2.75) is 51.0 Å². The third-order valence-electron chi connectivity index (χ3n) is 6.64. The number of nitrogens with one attached hydrogen (secondary N) is 1. The molecule has 0 radical (unpaired) electrons. The lowest BCUT2D eigenvalue weighted by atomic mass is 9.80. The molecule has 8 nitrogen and oxygen atoms in total. The smallest absolute Gasteiger partial charge is 0.323 e. The van der Waals surface area contributed by atoms with Gasteiger partial charge >= 0.3 is 6.03 Å². The summed E-state index contributed by atoms with van der Waals surface area (Å²) in [4.78, 5) is 48.1. The minimum absolute atomic E-state index is 0.143. The molecule has 1 saturated carbocycles. The van der Waals surface area contributed by atoms with Gasteiger partial charge in [-0.1, -0.05) is 0 Å². The Morgan fingerprint density at radius 1 is 1.00 bits per heavy atom. The first kappa shape index (κ1) is 22.1. The van der Waals surface area contributed by atoms with E-state index in [9.17, 15) is 23.2 Å². The van der Waals surface area contributed by atoms with E-state index in [1.807, 2.05) is 30.5 Å². The van der Waals surface area contributed by atoms with Gasteiger partial charge < -0.3 is 5.32 Å². The van der Waals surface area contributed by atoms with E-state index in [2.05, 4.69) is 15.3 Å². The maximum absolute atomic E-state index is 13.6. The van der Waals surface area contributed by atoms with E-state index in [0.29, 0.717) is 11.2 Å². The Morgan fingerprint density at radius 2 is 1.68 bits per heavy atom. The normalized spacial score (nSPS) is 19.1. The van der Waals surface area contributed by atoms with Crippen LogP contribution in [-0.2, 0) is 4.79 Å². The van der Waals surface area contributed by atoms with E-state index in [-0.39, 0.29) is 12.8 Å². The van der Waals surface area contributed by atoms with Gasteiger partial charge in [0.2, 0.25) is 5.92 Å². The van der Waals surface area contributed by atoms with Crippen LogP contribution in [0, 0.1) is 13.8 Å². The number of rotatable bonds is 4. The summed E-state index contributed by atoms with van der Waals surface area (Å²) < 4.78 is 29.0. The van der Waals surface area contributed by atoms with Crippen molar-refractivity contribution < 1.29 is 23.2 Å². The molecule has 1 spiro atoms. The quantitative estimate of drug-likeness (QED) is 0.466. The molecule has 0 atom stereocenters. The third-order valence-corrected chi connectivity index (χ3v) is 6.64. The van der Waals surface area contributed by atoms with Crippen LogP contribution in [0.15, 0.2) is 36.4 Å². The molecule has 1 aliphatic carbocycles. The molecule has 2 fully saturated rings. The minimum atomic E-state index is -2.84. The SMILES string of the molecule is Cc1ccc2nc(C)n(-c3ccc(C(=O)CN4C(=O)NC5(CCC(F)(F)CC5)C4=O)cc3)c2n1. The van der Waals surface area contributed by atoms with Crippen molar-refractivity contribution in [2.75, 3.05) is 6.54 Å². The Hall–Kier alpha value is -3.69. The number of hydrogen-bond donors (Lipinski definition) is 1. The number of alkyl halides is 2. The van der Waals surface area contributed by atoms with E-state index < -0.39 is 48.6 Å². The number of Topliss-reactive ketones (excluding diaryl/α,β-unsaturated/α-hetero) is 1. The van der Waals surface area contributed by atoms with Crippen LogP contribution in [0.1, 0.15) is 47.6 Å². The van der Waals surface area contributed by atoms with Crippen molar-refractivity contribution >= 4 is 28.9 Å². The number of aryl methyl sites for hydroxylation is 2. The number of aromatic nitrogens is 3. The predicted molar refractivity (Wildman–Crippen MR) is 119 cm³/mol. The molecule has 1 aromatic carbocycles. The highest BCUT2D eigenvalue weighted by Gasteiger charge is 2.55. The van der Waals surface area contributed by atoms with E-state index in [0.717, 1.165) is 27.6 Å². The second-order valence-electron chi connectivity index (χ2n) is 9.02. The molecule has 3 heterocycles. The Labute approximate surface area is 194 Å². The second-order valence-corrected chi connectivity index (χ2v) is 9.02. The Balaban J connectivity index is 1.34. The van der Waals surface area contributed by atoms with Crippen LogP contribution < -0.4 is 5.32 Å². The molecule has 176 valence electrons. The zero-order valence-corrected chi connectivity index (χ0v) is 18.8. The molecule has 34 heavy (non-hydrogen) atoms. The van der Waals surface area contributed by atoms with Crippen molar-refractivity contribution in [2.24, 2.45) is 0 Å². The van der Waals surface area contributed by atoms with Crippen molar-refractivity contribution in [3.63, 3.8) is 0 Å². The number of imidazole rings is 1. The fourth-order valence-electron chi connectivity index (χ4n) is 4.71. The molecule has 1 aliphatic heterocycles. The summed E-state index contributed by atoms with van der Waals surface area (Å²) in [6.45, 7) is 3.31. The maximum atomic E-state index is 13.6.